The molecule has 0 aliphatic heterocycles. The Morgan fingerprint density at radius 1 is 1.13 bits per heavy atom. The molecule has 156 valence electrons. The largest absolute Gasteiger partial charge is 0.351 e. The number of carbonyl (C=O) groups excluding carboxylic acids is 2. The van der Waals surface area contributed by atoms with Gasteiger partial charge in [0.05, 0.1) is 5.75 Å². The lowest BCUT2D eigenvalue weighted by Crippen LogP contribution is -2.24. The zero-order chi connectivity index (χ0) is 21.5. The van der Waals surface area contributed by atoms with Crippen molar-refractivity contribution in [2.24, 2.45) is 5.73 Å². The fourth-order valence-corrected chi connectivity index (χ4v) is 3.74. The van der Waals surface area contributed by atoms with Crippen molar-refractivity contribution >= 4 is 29.4 Å². The van der Waals surface area contributed by atoms with Gasteiger partial charge in [-0.2, -0.15) is 0 Å². The van der Waals surface area contributed by atoms with Crippen molar-refractivity contribution in [2.45, 2.75) is 32.1 Å². The fourth-order valence-electron chi connectivity index (χ4n) is 2.91. The molecule has 0 fully saturated rings. The minimum absolute atomic E-state index is 0.0953. The molecule has 0 saturated heterocycles. The van der Waals surface area contributed by atoms with Crippen molar-refractivity contribution in [3.05, 3.63) is 59.7 Å². The molecule has 9 heteroatoms. The fraction of sp³-hybridized carbons (Fsp3) is 0.238. The lowest BCUT2D eigenvalue weighted by molar-refractivity contribution is -0.118. The van der Waals surface area contributed by atoms with Crippen LogP contribution in [0.4, 0.5) is 10.5 Å². The van der Waals surface area contributed by atoms with Crippen LogP contribution in [0.2, 0.25) is 0 Å². The average molecular weight is 425 g/mol. The first-order chi connectivity index (χ1) is 14.5. The van der Waals surface area contributed by atoms with Gasteiger partial charge in [0.25, 0.3) is 0 Å². The summed E-state index contributed by atoms with van der Waals surface area (Å²) in [6.07, 6.45) is 0. The number of nitrogens with zero attached hydrogens (tertiary/aromatic N) is 3. The molecule has 0 spiro atoms. The SMILES string of the molecule is CCn1c(SCC(=O)NCc2ccc(NC(N)=O)cc2)nnc1-c1cccc(C)c1. The number of amides is 3. The predicted molar refractivity (Wildman–Crippen MR) is 118 cm³/mol. The van der Waals surface area contributed by atoms with E-state index in [1.807, 2.05) is 48.7 Å². The minimum Gasteiger partial charge on any atom is -0.351 e. The number of hydrogen-bond acceptors (Lipinski definition) is 5. The number of carbonyl (C=O) groups is 2. The van der Waals surface area contributed by atoms with E-state index in [2.05, 4.69) is 26.9 Å². The highest BCUT2D eigenvalue weighted by Gasteiger charge is 2.14. The highest BCUT2D eigenvalue weighted by molar-refractivity contribution is 7.99. The Labute approximate surface area is 179 Å². The van der Waals surface area contributed by atoms with Crippen LogP contribution in [0.25, 0.3) is 11.4 Å². The molecule has 1 heterocycles. The normalized spacial score (nSPS) is 10.6. The van der Waals surface area contributed by atoms with E-state index in [1.54, 1.807) is 12.1 Å². The lowest BCUT2D eigenvalue weighted by atomic mass is 10.1. The molecule has 0 bridgehead atoms. The average Bonchev–Trinajstić information content (AvgIpc) is 3.14. The standard InChI is InChI=1S/C21H24N6O2S/c1-3-27-19(16-6-4-5-14(2)11-16)25-26-21(27)30-13-18(28)23-12-15-7-9-17(10-8-15)24-20(22)29/h4-11H,3,12-13H2,1-2H3,(H,23,28)(H3,22,24,29). The second kappa shape index (κ2) is 9.93. The van der Waals surface area contributed by atoms with Gasteiger partial charge < -0.3 is 20.9 Å². The van der Waals surface area contributed by atoms with Crippen molar-refractivity contribution in [1.29, 1.82) is 0 Å². The first-order valence-electron chi connectivity index (χ1n) is 9.51. The summed E-state index contributed by atoms with van der Waals surface area (Å²) in [7, 11) is 0. The van der Waals surface area contributed by atoms with Crippen LogP contribution in [0.15, 0.2) is 53.7 Å². The topological polar surface area (TPSA) is 115 Å². The number of rotatable bonds is 8. The van der Waals surface area contributed by atoms with Crippen LogP contribution in [-0.4, -0.2) is 32.5 Å². The van der Waals surface area contributed by atoms with E-state index >= 15 is 0 Å². The van der Waals surface area contributed by atoms with Crippen LogP contribution in [0.1, 0.15) is 18.1 Å². The summed E-state index contributed by atoms with van der Waals surface area (Å²) in [5.41, 5.74) is 8.78. The Morgan fingerprint density at radius 3 is 2.57 bits per heavy atom. The number of aromatic nitrogens is 3. The predicted octanol–water partition coefficient (Wildman–Crippen LogP) is 3.17. The van der Waals surface area contributed by atoms with Gasteiger partial charge in [-0.3, -0.25) is 4.79 Å². The van der Waals surface area contributed by atoms with E-state index in [0.29, 0.717) is 23.9 Å². The molecule has 2 aromatic carbocycles. The molecule has 0 saturated carbocycles. The number of nitrogens with one attached hydrogen (secondary N) is 2. The number of nitrogens with two attached hydrogens (primary N) is 1. The van der Waals surface area contributed by atoms with Gasteiger partial charge in [0.1, 0.15) is 0 Å². The molecule has 0 unspecified atom stereocenters. The molecule has 0 atom stereocenters. The van der Waals surface area contributed by atoms with E-state index in [9.17, 15) is 9.59 Å². The Morgan fingerprint density at radius 2 is 1.90 bits per heavy atom. The number of benzene rings is 2. The maximum absolute atomic E-state index is 12.3. The van der Waals surface area contributed by atoms with Crippen LogP contribution in [0.3, 0.4) is 0 Å². The van der Waals surface area contributed by atoms with Gasteiger partial charge in [-0.1, -0.05) is 47.7 Å². The molecule has 3 rings (SSSR count). The summed E-state index contributed by atoms with van der Waals surface area (Å²) in [4.78, 5) is 23.1. The smallest absolute Gasteiger partial charge is 0.316 e. The third kappa shape index (κ3) is 5.60. The summed E-state index contributed by atoms with van der Waals surface area (Å²) in [5, 5.41) is 14.7. The van der Waals surface area contributed by atoms with Crippen LogP contribution in [-0.2, 0) is 17.9 Å². The molecule has 0 radical (unpaired) electrons. The number of thioether (sulfide) groups is 1. The van der Waals surface area contributed by atoms with Gasteiger partial charge in [-0.05, 0) is 37.6 Å². The minimum atomic E-state index is -0.612. The Kier molecular flexibility index (Phi) is 7.08. The summed E-state index contributed by atoms with van der Waals surface area (Å²) >= 11 is 1.36. The van der Waals surface area contributed by atoms with Crippen LogP contribution >= 0.6 is 11.8 Å². The molecular weight excluding hydrogens is 400 g/mol. The van der Waals surface area contributed by atoms with E-state index in [4.69, 9.17) is 5.73 Å². The maximum Gasteiger partial charge on any atom is 0.316 e. The maximum atomic E-state index is 12.3. The number of urea groups is 1. The summed E-state index contributed by atoms with van der Waals surface area (Å²) < 4.78 is 2.01. The molecule has 3 aromatic rings. The van der Waals surface area contributed by atoms with Crippen LogP contribution in [0.5, 0.6) is 0 Å². The summed E-state index contributed by atoms with van der Waals surface area (Å²) in [5.74, 6) is 0.948. The summed E-state index contributed by atoms with van der Waals surface area (Å²) in [6.45, 7) is 5.18. The van der Waals surface area contributed by atoms with Crippen LogP contribution < -0.4 is 16.4 Å². The molecular formula is C21H24N6O2S. The monoisotopic (exact) mass is 424 g/mol. The number of aryl methyl sites for hydroxylation is 1. The number of hydrogen-bond donors (Lipinski definition) is 3. The Balaban J connectivity index is 1.55. The van der Waals surface area contributed by atoms with Crippen molar-refractivity contribution in [2.75, 3.05) is 11.1 Å². The first kappa shape index (κ1) is 21.4. The van der Waals surface area contributed by atoms with Gasteiger partial charge in [0, 0.05) is 24.3 Å². The first-order valence-corrected chi connectivity index (χ1v) is 10.5. The molecule has 3 amide bonds. The quantitative estimate of drug-likeness (QED) is 0.481. The van der Waals surface area contributed by atoms with Gasteiger partial charge in [-0.25, -0.2) is 4.79 Å². The Hall–Kier alpha value is -3.33. The zero-order valence-electron chi connectivity index (χ0n) is 16.9. The molecule has 8 nitrogen and oxygen atoms in total. The Bertz CT molecular complexity index is 1030. The van der Waals surface area contributed by atoms with Gasteiger partial charge in [-0.15, -0.1) is 10.2 Å². The lowest BCUT2D eigenvalue weighted by Gasteiger charge is -2.09. The third-order valence-corrected chi connectivity index (χ3v) is 5.32. The van der Waals surface area contributed by atoms with Gasteiger partial charge in [0.15, 0.2) is 11.0 Å². The molecule has 1 aromatic heterocycles. The van der Waals surface area contributed by atoms with Gasteiger partial charge >= 0.3 is 6.03 Å². The van der Waals surface area contributed by atoms with Crippen molar-refractivity contribution < 1.29 is 9.59 Å². The van der Waals surface area contributed by atoms with Crippen LogP contribution in [0, 0.1) is 6.92 Å². The second-order valence-electron chi connectivity index (χ2n) is 6.67. The highest BCUT2D eigenvalue weighted by atomic mass is 32.2. The van der Waals surface area contributed by atoms with Gasteiger partial charge in [0.2, 0.25) is 5.91 Å². The summed E-state index contributed by atoms with van der Waals surface area (Å²) in [6, 6.07) is 14.6. The molecule has 0 aliphatic carbocycles. The van der Waals surface area contributed by atoms with Crippen molar-refractivity contribution in [3.63, 3.8) is 0 Å². The third-order valence-electron chi connectivity index (χ3n) is 4.35. The van der Waals surface area contributed by atoms with Crippen molar-refractivity contribution in [3.8, 4) is 11.4 Å². The number of anilines is 1. The van der Waals surface area contributed by atoms with E-state index in [1.165, 1.54) is 11.8 Å². The van der Waals surface area contributed by atoms with E-state index < -0.39 is 6.03 Å². The van der Waals surface area contributed by atoms with Crippen molar-refractivity contribution in [1.82, 2.24) is 20.1 Å². The molecule has 0 aliphatic rings. The molecule has 4 N–H and O–H groups in total. The van der Waals surface area contributed by atoms with E-state index in [-0.39, 0.29) is 11.7 Å². The highest BCUT2D eigenvalue weighted by Crippen LogP contribution is 2.24. The van der Waals surface area contributed by atoms with E-state index in [0.717, 1.165) is 22.5 Å². The molecule has 30 heavy (non-hydrogen) atoms. The number of primary amides is 1. The zero-order valence-corrected chi connectivity index (χ0v) is 17.7. The second-order valence-corrected chi connectivity index (χ2v) is 7.61.